The Morgan fingerprint density at radius 1 is 0.714 bits per heavy atom. The van der Waals surface area contributed by atoms with Gasteiger partial charge in [0.15, 0.2) is 0 Å². The van der Waals surface area contributed by atoms with E-state index >= 15 is 0 Å². The molecular formula is C21H32N6O. The third kappa shape index (κ3) is 5.71. The number of carbonyl (C=O) groups is 1. The van der Waals surface area contributed by atoms with Gasteiger partial charge in [-0.2, -0.15) is 0 Å². The van der Waals surface area contributed by atoms with Gasteiger partial charge in [-0.1, -0.05) is 0 Å². The van der Waals surface area contributed by atoms with Gasteiger partial charge in [0.1, 0.15) is 5.78 Å². The maximum absolute atomic E-state index is 13.2. The van der Waals surface area contributed by atoms with Crippen molar-refractivity contribution in [3.05, 3.63) is 34.9 Å². The van der Waals surface area contributed by atoms with Crippen molar-refractivity contribution >= 4 is 17.7 Å². The van der Waals surface area contributed by atoms with E-state index < -0.39 is 0 Å². The molecule has 2 atom stereocenters. The largest absolute Gasteiger partial charge is 0.352 e. The van der Waals surface area contributed by atoms with Crippen LogP contribution in [0.15, 0.2) is 12.1 Å². The highest BCUT2D eigenvalue weighted by Crippen LogP contribution is 2.26. The lowest BCUT2D eigenvalue weighted by molar-refractivity contribution is -0.121. The zero-order chi connectivity index (χ0) is 21.0. The van der Waals surface area contributed by atoms with E-state index in [1.54, 1.807) is 0 Å². The Kier molecular flexibility index (Phi) is 7.05. The minimum absolute atomic E-state index is 0.0715. The zero-order valence-corrected chi connectivity index (χ0v) is 18.2. The fraction of sp³-hybridized carbons (Fsp3) is 0.571. The van der Waals surface area contributed by atoms with Crippen molar-refractivity contribution < 1.29 is 4.79 Å². The monoisotopic (exact) mass is 384 g/mol. The van der Waals surface area contributed by atoms with Gasteiger partial charge in [-0.3, -0.25) is 4.79 Å². The molecule has 0 aliphatic rings. The summed E-state index contributed by atoms with van der Waals surface area (Å²) in [4.78, 5) is 31.1. The van der Waals surface area contributed by atoms with Crippen molar-refractivity contribution in [2.75, 3.05) is 10.6 Å². The summed E-state index contributed by atoms with van der Waals surface area (Å²) >= 11 is 0. The molecule has 28 heavy (non-hydrogen) atoms. The van der Waals surface area contributed by atoms with Gasteiger partial charge in [0.25, 0.3) is 0 Å². The van der Waals surface area contributed by atoms with Crippen LogP contribution in [0.4, 0.5) is 11.9 Å². The summed E-state index contributed by atoms with van der Waals surface area (Å²) in [6.07, 6.45) is 0. The summed E-state index contributed by atoms with van der Waals surface area (Å²) in [5.74, 6) is 0.460. The average molecular weight is 385 g/mol. The number of carbonyl (C=O) groups excluding carboxylic acids is 1. The molecule has 2 N–H and O–H groups in total. The summed E-state index contributed by atoms with van der Waals surface area (Å²) < 4.78 is 0. The molecule has 7 nitrogen and oxygen atoms in total. The predicted octanol–water partition coefficient (Wildman–Crippen LogP) is 4.00. The van der Waals surface area contributed by atoms with Crippen LogP contribution >= 0.6 is 0 Å². The van der Waals surface area contributed by atoms with E-state index in [0.29, 0.717) is 11.9 Å². The second kappa shape index (κ2) is 9.08. The number of nitrogens with zero attached hydrogens (tertiary/aromatic N) is 4. The van der Waals surface area contributed by atoms with Crippen molar-refractivity contribution in [2.45, 2.75) is 79.3 Å². The molecule has 0 fully saturated rings. The van der Waals surface area contributed by atoms with Crippen LogP contribution in [0.1, 0.15) is 76.2 Å². The van der Waals surface area contributed by atoms with Gasteiger partial charge in [0.05, 0.1) is 23.2 Å². The number of aromatic nitrogens is 4. The van der Waals surface area contributed by atoms with Crippen molar-refractivity contribution in [1.29, 1.82) is 0 Å². The van der Waals surface area contributed by atoms with Crippen LogP contribution in [0.2, 0.25) is 0 Å². The van der Waals surface area contributed by atoms with Crippen molar-refractivity contribution in [1.82, 2.24) is 19.9 Å². The van der Waals surface area contributed by atoms with E-state index in [1.165, 1.54) is 0 Å². The molecule has 152 valence electrons. The number of ketones is 1. The molecule has 2 rings (SSSR count). The van der Waals surface area contributed by atoms with Gasteiger partial charge in [0.2, 0.25) is 11.9 Å². The van der Waals surface area contributed by atoms with E-state index in [1.807, 2.05) is 67.5 Å². The quantitative estimate of drug-likeness (QED) is 0.710. The Labute approximate surface area is 167 Å². The molecule has 0 radical (unpaired) electrons. The van der Waals surface area contributed by atoms with E-state index in [0.717, 1.165) is 22.8 Å². The van der Waals surface area contributed by atoms with Crippen LogP contribution in [-0.4, -0.2) is 37.8 Å². The molecule has 0 amide bonds. The fourth-order valence-electron chi connectivity index (χ4n) is 2.94. The zero-order valence-electron chi connectivity index (χ0n) is 18.2. The minimum atomic E-state index is -0.360. The SMILES string of the molecule is Cc1cc(C(C)C(=O)C(C)c2cc(C)nc(NC(C)C)n2)nc(NC(C)C)n1. The average Bonchev–Trinajstić information content (AvgIpc) is 2.57. The maximum Gasteiger partial charge on any atom is 0.223 e. The van der Waals surface area contributed by atoms with Gasteiger partial charge >= 0.3 is 0 Å². The van der Waals surface area contributed by atoms with Crippen molar-refractivity contribution in [2.24, 2.45) is 0 Å². The number of Topliss-reactive ketones (excluding diaryl/α,β-unsaturated/α-hetero) is 1. The number of hydrogen-bond donors (Lipinski definition) is 2. The van der Waals surface area contributed by atoms with Crippen LogP contribution in [0.3, 0.4) is 0 Å². The summed E-state index contributed by atoms with van der Waals surface area (Å²) in [5, 5.41) is 6.42. The Morgan fingerprint density at radius 3 is 1.39 bits per heavy atom. The molecule has 2 aromatic heterocycles. The summed E-state index contributed by atoms with van der Waals surface area (Å²) in [7, 11) is 0. The second-order valence-electron chi connectivity index (χ2n) is 7.96. The first-order valence-electron chi connectivity index (χ1n) is 9.84. The number of hydrogen-bond acceptors (Lipinski definition) is 7. The lowest BCUT2D eigenvalue weighted by atomic mass is 9.90. The second-order valence-corrected chi connectivity index (χ2v) is 7.96. The summed E-state index contributed by atoms with van der Waals surface area (Å²) in [5.41, 5.74) is 3.11. The van der Waals surface area contributed by atoms with Crippen LogP contribution in [0.25, 0.3) is 0 Å². The molecule has 0 saturated carbocycles. The number of rotatable bonds is 8. The Morgan fingerprint density at radius 2 is 1.07 bits per heavy atom. The third-order valence-electron chi connectivity index (χ3n) is 4.32. The normalized spacial score (nSPS) is 13.5. The molecule has 0 aromatic carbocycles. The highest BCUT2D eigenvalue weighted by Gasteiger charge is 2.26. The fourth-order valence-corrected chi connectivity index (χ4v) is 2.94. The first-order chi connectivity index (χ1) is 13.1. The molecule has 2 unspecified atom stereocenters. The predicted molar refractivity (Wildman–Crippen MR) is 113 cm³/mol. The number of nitrogens with one attached hydrogen (secondary N) is 2. The highest BCUT2D eigenvalue weighted by molar-refractivity contribution is 5.90. The Bertz CT molecular complexity index is 766. The first kappa shape index (κ1) is 21.7. The Hall–Kier alpha value is -2.57. The topological polar surface area (TPSA) is 92.7 Å². The van der Waals surface area contributed by atoms with Crippen LogP contribution in [-0.2, 0) is 4.79 Å². The van der Waals surface area contributed by atoms with Gasteiger partial charge in [-0.15, -0.1) is 0 Å². The molecule has 0 spiro atoms. The summed E-state index contributed by atoms with van der Waals surface area (Å²) in [6.45, 7) is 15.7. The van der Waals surface area contributed by atoms with Gasteiger partial charge in [0, 0.05) is 23.5 Å². The van der Waals surface area contributed by atoms with E-state index in [9.17, 15) is 4.79 Å². The lowest BCUT2D eigenvalue weighted by Crippen LogP contribution is -2.21. The van der Waals surface area contributed by atoms with Gasteiger partial charge in [-0.05, 0) is 67.5 Å². The number of anilines is 2. The lowest BCUT2D eigenvalue weighted by Gasteiger charge is -2.18. The van der Waals surface area contributed by atoms with Gasteiger partial charge in [-0.25, -0.2) is 19.9 Å². The van der Waals surface area contributed by atoms with Crippen LogP contribution in [0.5, 0.6) is 0 Å². The molecule has 0 bridgehead atoms. The minimum Gasteiger partial charge on any atom is -0.352 e. The van der Waals surface area contributed by atoms with Gasteiger partial charge < -0.3 is 10.6 Å². The molecule has 0 aliphatic heterocycles. The highest BCUT2D eigenvalue weighted by atomic mass is 16.1. The molecule has 2 aromatic rings. The standard InChI is InChI=1S/C21H32N6O/c1-11(2)22-20-24-13(5)9-17(26-20)15(7)19(28)16(8)18-10-14(6)25-21(27-18)23-12(3)4/h9-12,15-16H,1-8H3,(H,22,24,26)(H,23,25,27). The molecule has 0 saturated heterocycles. The Balaban J connectivity index is 2.28. The smallest absolute Gasteiger partial charge is 0.223 e. The van der Waals surface area contributed by atoms with E-state index in [2.05, 4.69) is 30.6 Å². The van der Waals surface area contributed by atoms with Crippen molar-refractivity contribution in [3.63, 3.8) is 0 Å². The first-order valence-corrected chi connectivity index (χ1v) is 9.84. The third-order valence-corrected chi connectivity index (χ3v) is 4.32. The summed E-state index contributed by atoms with van der Waals surface area (Å²) in [6, 6.07) is 4.18. The maximum atomic E-state index is 13.2. The van der Waals surface area contributed by atoms with Crippen molar-refractivity contribution in [3.8, 4) is 0 Å². The van der Waals surface area contributed by atoms with E-state index in [-0.39, 0.29) is 29.7 Å². The molecule has 0 aliphatic carbocycles. The van der Waals surface area contributed by atoms with Crippen LogP contribution in [0, 0.1) is 13.8 Å². The molecular weight excluding hydrogens is 352 g/mol. The number of aryl methyl sites for hydroxylation is 2. The van der Waals surface area contributed by atoms with Crippen LogP contribution < -0.4 is 10.6 Å². The van der Waals surface area contributed by atoms with E-state index in [4.69, 9.17) is 0 Å². The molecule has 2 heterocycles. The molecule has 7 heteroatoms.